The van der Waals surface area contributed by atoms with Gasteiger partial charge < -0.3 is 10.4 Å². The van der Waals surface area contributed by atoms with Crippen LogP contribution in [-0.4, -0.2) is 17.1 Å². The number of benzene rings is 1. The SMILES string of the molecule is N#C/C(=C/c1ccc(O)c(Cl)c1)C(=O)NC1CCCCC1. The maximum atomic E-state index is 12.1. The number of hydrogen-bond acceptors (Lipinski definition) is 3. The summed E-state index contributed by atoms with van der Waals surface area (Å²) in [6.07, 6.45) is 6.85. The summed E-state index contributed by atoms with van der Waals surface area (Å²) in [6, 6.07) is 6.63. The fourth-order valence-electron chi connectivity index (χ4n) is 2.44. The van der Waals surface area contributed by atoms with Gasteiger partial charge in [-0.2, -0.15) is 5.26 Å². The summed E-state index contributed by atoms with van der Waals surface area (Å²) >= 11 is 5.81. The Hall–Kier alpha value is -1.99. The summed E-state index contributed by atoms with van der Waals surface area (Å²) in [5.41, 5.74) is 0.649. The van der Waals surface area contributed by atoms with Crippen LogP contribution in [0, 0.1) is 11.3 Å². The molecular weight excluding hydrogens is 288 g/mol. The van der Waals surface area contributed by atoms with Crippen LogP contribution in [0.4, 0.5) is 0 Å². The molecule has 1 saturated carbocycles. The van der Waals surface area contributed by atoms with Crippen molar-refractivity contribution in [1.82, 2.24) is 5.32 Å². The lowest BCUT2D eigenvalue weighted by atomic mass is 9.95. The summed E-state index contributed by atoms with van der Waals surface area (Å²) in [5, 5.41) is 21.6. The largest absolute Gasteiger partial charge is 0.506 e. The molecule has 1 aliphatic carbocycles. The smallest absolute Gasteiger partial charge is 0.262 e. The van der Waals surface area contributed by atoms with Gasteiger partial charge in [-0.05, 0) is 36.6 Å². The van der Waals surface area contributed by atoms with E-state index in [-0.39, 0.29) is 28.3 Å². The summed E-state index contributed by atoms with van der Waals surface area (Å²) < 4.78 is 0. The Morgan fingerprint density at radius 2 is 2.10 bits per heavy atom. The molecule has 2 rings (SSSR count). The zero-order valence-corrected chi connectivity index (χ0v) is 12.4. The van der Waals surface area contributed by atoms with Gasteiger partial charge in [-0.3, -0.25) is 4.79 Å². The number of nitriles is 1. The molecule has 1 aliphatic rings. The Bertz CT molecular complexity index is 599. The lowest BCUT2D eigenvalue weighted by molar-refractivity contribution is -0.117. The maximum absolute atomic E-state index is 12.1. The zero-order chi connectivity index (χ0) is 15.2. The third-order valence-corrected chi connectivity index (χ3v) is 3.89. The molecule has 1 fully saturated rings. The van der Waals surface area contributed by atoms with Crippen molar-refractivity contribution in [3.63, 3.8) is 0 Å². The van der Waals surface area contributed by atoms with Gasteiger partial charge in [0, 0.05) is 6.04 Å². The summed E-state index contributed by atoms with van der Waals surface area (Å²) in [6.45, 7) is 0. The van der Waals surface area contributed by atoms with E-state index in [4.69, 9.17) is 16.9 Å². The van der Waals surface area contributed by atoms with Gasteiger partial charge in [0.2, 0.25) is 0 Å². The molecule has 4 nitrogen and oxygen atoms in total. The van der Waals surface area contributed by atoms with Crippen molar-refractivity contribution in [3.05, 3.63) is 34.4 Å². The molecule has 0 atom stereocenters. The van der Waals surface area contributed by atoms with Gasteiger partial charge in [0.15, 0.2) is 0 Å². The molecule has 0 unspecified atom stereocenters. The van der Waals surface area contributed by atoms with Gasteiger partial charge in [-0.1, -0.05) is 36.9 Å². The number of halogens is 1. The Morgan fingerprint density at radius 1 is 1.38 bits per heavy atom. The van der Waals surface area contributed by atoms with E-state index in [0.717, 1.165) is 25.7 Å². The van der Waals surface area contributed by atoms with E-state index in [2.05, 4.69) is 5.32 Å². The van der Waals surface area contributed by atoms with Crippen LogP contribution in [0.3, 0.4) is 0 Å². The third-order valence-electron chi connectivity index (χ3n) is 3.59. The van der Waals surface area contributed by atoms with E-state index in [1.165, 1.54) is 24.6 Å². The number of carbonyl (C=O) groups excluding carboxylic acids is 1. The van der Waals surface area contributed by atoms with Crippen LogP contribution in [-0.2, 0) is 4.79 Å². The lowest BCUT2D eigenvalue weighted by Crippen LogP contribution is -2.36. The Labute approximate surface area is 129 Å². The number of nitrogens with one attached hydrogen (secondary N) is 1. The average molecular weight is 305 g/mol. The molecule has 0 heterocycles. The first kappa shape index (κ1) is 15.4. The second-order valence-corrected chi connectivity index (χ2v) is 5.60. The standard InChI is InChI=1S/C16H17ClN2O2/c17-14-9-11(6-7-15(14)20)8-12(10-18)16(21)19-13-4-2-1-3-5-13/h6-9,13,20H,1-5H2,(H,19,21)/b12-8-. The molecule has 1 aromatic rings. The fraction of sp³-hybridized carbons (Fsp3) is 0.375. The molecule has 1 aromatic carbocycles. The van der Waals surface area contributed by atoms with Gasteiger partial charge in [-0.15, -0.1) is 0 Å². The minimum absolute atomic E-state index is 0.0287. The van der Waals surface area contributed by atoms with Crippen LogP contribution in [0.1, 0.15) is 37.7 Å². The molecule has 1 amide bonds. The first-order chi connectivity index (χ1) is 10.1. The summed E-state index contributed by atoms with van der Waals surface area (Å²) in [7, 11) is 0. The molecule has 0 radical (unpaired) electrons. The molecule has 2 N–H and O–H groups in total. The predicted octanol–water partition coefficient (Wildman–Crippen LogP) is 3.40. The van der Waals surface area contributed by atoms with Crippen molar-refractivity contribution in [2.75, 3.05) is 0 Å². The normalized spacial score (nSPS) is 16.3. The van der Waals surface area contributed by atoms with Crippen molar-refractivity contribution in [3.8, 4) is 11.8 Å². The number of rotatable bonds is 3. The highest BCUT2D eigenvalue weighted by Crippen LogP contribution is 2.25. The molecular formula is C16H17ClN2O2. The van der Waals surface area contributed by atoms with Crippen LogP contribution in [0.2, 0.25) is 5.02 Å². The van der Waals surface area contributed by atoms with Crippen molar-refractivity contribution >= 4 is 23.6 Å². The average Bonchev–Trinajstić information content (AvgIpc) is 2.49. The van der Waals surface area contributed by atoms with Gasteiger partial charge in [0.25, 0.3) is 5.91 Å². The Kier molecular flexibility index (Phi) is 5.24. The maximum Gasteiger partial charge on any atom is 0.262 e. The van der Waals surface area contributed by atoms with E-state index >= 15 is 0 Å². The Balaban J connectivity index is 2.10. The third kappa shape index (κ3) is 4.24. The van der Waals surface area contributed by atoms with Crippen molar-refractivity contribution in [2.45, 2.75) is 38.1 Å². The summed E-state index contributed by atoms with van der Waals surface area (Å²) in [4.78, 5) is 12.1. The monoisotopic (exact) mass is 304 g/mol. The van der Waals surface area contributed by atoms with Gasteiger partial charge in [-0.25, -0.2) is 0 Å². The second-order valence-electron chi connectivity index (χ2n) is 5.19. The first-order valence-electron chi connectivity index (χ1n) is 7.01. The van der Waals surface area contributed by atoms with Crippen LogP contribution in [0.5, 0.6) is 5.75 Å². The fourth-order valence-corrected chi connectivity index (χ4v) is 2.63. The van der Waals surface area contributed by atoms with E-state index in [1.807, 2.05) is 6.07 Å². The molecule has 0 aliphatic heterocycles. The first-order valence-corrected chi connectivity index (χ1v) is 7.39. The zero-order valence-electron chi connectivity index (χ0n) is 11.6. The topological polar surface area (TPSA) is 73.1 Å². The molecule has 0 bridgehead atoms. The number of phenols is 1. The molecule has 110 valence electrons. The second kappa shape index (κ2) is 7.14. The highest BCUT2D eigenvalue weighted by Gasteiger charge is 2.18. The Morgan fingerprint density at radius 3 is 2.71 bits per heavy atom. The predicted molar refractivity (Wildman–Crippen MR) is 81.7 cm³/mol. The minimum atomic E-state index is -0.353. The molecule has 0 aromatic heterocycles. The molecule has 5 heteroatoms. The van der Waals surface area contributed by atoms with Crippen molar-refractivity contribution in [1.29, 1.82) is 5.26 Å². The van der Waals surface area contributed by atoms with E-state index in [0.29, 0.717) is 5.56 Å². The van der Waals surface area contributed by atoms with Gasteiger partial charge in [0.05, 0.1) is 5.02 Å². The number of hydrogen-bond donors (Lipinski definition) is 2. The molecule has 0 spiro atoms. The number of phenolic OH excluding ortho intramolecular Hbond substituents is 1. The quantitative estimate of drug-likeness (QED) is 0.664. The number of amides is 1. The van der Waals surface area contributed by atoms with Crippen LogP contribution >= 0.6 is 11.6 Å². The van der Waals surface area contributed by atoms with Crippen LogP contribution in [0.25, 0.3) is 6.08 Å². The van der Waals surface area contributed by atoms with Crippen LogP contribution in [0.15, 0.2) is 23.8 Å². The number of carbonyl (C=O) groups is 1. The van der Waals surface area contributed by atoms with E-state index < -0.39 is 0 Å². The van der Waals surface area contributed by atoms with E-state index in [1.54, 1.807) is 6.07 Å². The van der Waals surface area contributed by atoms with Crippen molar-refractivity contribution in [2.24, 2.45) is 0 Å². The summed E-state index contributed by atoms with van der Waals surface area (Å²) in [5.74, 6) is -0.382. The lowest BCUT2D eigenvalue weighted by Gasteiger charge is -2.22. The molecule has 21 heavy (non-hydrogen) atoms. The van der Waals surface area contributed by atoms with E-state index in [9.17, 15) is 9.90 Å². The minimum Gasteiger partial charge on any atom is -0.506 e. The molecule has 0 saturated heterocycles. The highest BCUT2D eigenvalue weighted by atomic mass is 35.5. The number of aromatic hydroxyl groups is 1. The van der Waals surface area contributed by atoms with Crippen molar-refractivity contribution < 1.29 is 9.90 Å². The highest BCUT2D eigenvalue weighted by molar-refractivity contribution is 6.32. The van der Waals surface area contributed by atoms with Crippen LogP contribution < -0.4 is 5.32 Å². The number of nitrogens with zero attached hydrogens (tertiary/aromatic N) is 1. The van der Waals surface area contributed by atoms with Gasteiger partial charge >= 0.3 is 0 Å². The van der Waals surface area contributed by atoms with Gasteiger partial charge in [0.1, 0.15) is 17.4 Å².